The minimum atomic E-state index is -0.640. The summed E-state index contributed by atoms with van der Waals surface area (Å²) >= 11 is 3.34. The van der Waals surface area contributed by atoms with E-state index in [9.17, 15) is 19.7 Å². The number of benzene rings is 3. The van der Waals surface area contributed by atoms with E-state index in [0.717, 1.165) is 6.07 Å². The molecule has 0 aromatic heterocycles. The van der Waals surface area contributed by atoms with E-state index in [-0.39, 0.29) is 22.6 Å². The number of non-ortho nitro benzene ring substituents is 1. The highest BCUT2D eigenvalue weighted by molar-refractivity contribution is 9.10. The van der Waals surface area contributed by atoms with Gasteiger partial charge in [0.2, 0.25) is 0 Å². The van der Waals surface area contributed by atoms with Crippen molar-refractivity contribution in [3.63, 3.8) is 0 Å². The maximum Gasteiger partial charge on any atom is 0.343 e. The summed E-state index contributed by atoms with van der Waals surface area (Å²) in [5.41, 5.74) is 2.78. The van der Waals surface area contributed by atoms with Gasteiger partial charge >= 0.3 is 5.97 Å². The number of ether oxygens (including phenoxy) is 3. The topological polar surface area (TPSA) is 129 Å². The second-order valence-electron chi connectivity index (χ2n) is 6.65. The molecule has 0 bridgehead atoms. The van der Waals surface area contributed by atoms with Gasteiger partial charge in [-0.2, -0.15) is 5.10 Å². The molecule has 174 valence electrons. The molecule has 3 aromatic carbocycles. The summed E-state index contributed by atoms with van der Waals surface area (Å²) in [7, 11) is 2.94. The lowest BCUT2D eigenvalue weighted by Gasteiger charge is -2.11. The first-order valence-electron chi connectivity index (χ1n) is 9.64. The molecule has 0 aliphatic carbocycles. The highest BCUT2D eigenvalue weighted by Crippen LogP contribution is 2.29. The number of rotatable bonds is 8. The number of halogens is 1. The first kappa shape index (κ1) is 24.4. The Kier molecular flexibility index (Phi) is 7.93. The fourth-order valence-corrected chi connectivity index (χ4v) is 3.20. The van der Waals surface area contributed by atoms with Crippen LogP contribution in [-0.2, 0) is 0 Å². The number of esters is 1. The molecule has 0 saturated carbocycles. The van der Waals surface area contributed by atoms with Crippen LogP contribution in [0.5, 0.6) is 17.2 Å². The number of amides is 1. The van der Waals surface area contributed by atoms with Crippen molar-refractivity contribution in [3.8, 4) is 17.2 Å². The van der Waals surface area contributed by atoms with E-state index >= 15 is 0 Å². The maximum atomic E-state index is 12.7. The van der Waals surface area contributed by atoms with Gasteiger partial charge in [-0.05, 0) is 42.5 Å². The number of hydrazone groups is 1. The van der Waals surface area contributed by atoms with Crippen LogP contribution in [-0.4, -0.2) is 37.2 Å². The highest BCUT2D eigenvalue weighted by Gasteiger charge is 2.15. The van der Waals surface area contributed by atoms with Crippen LogP contribution in [0.4, 0.5) is 5.69 Å². The van der Waals surface area contributed by atoms with Gasteiger partial charge in [0.15, 0.2) is 11.5 Å². The number of nitrogens with zero attached hydrogens (tertiary/aromatic N) is 2. The third kappa shape index (κ3) is 5.95. The smallest absolute Gasteiger partial charge is 0.343 e. The van der Waals surface area contributed by atoms with Gasteiger partial charge in [0.05, 0.1) is 30.9 Å². The summed E-state index contributed by atoms with van der Waals surface area (Å²) in [5.74, 6) is -0.248. The van der Waals surface area contributed by atoms with Crippen LogP contribution >= 0.6 is 15.9 Å². The third-order valence-corrected chi connectivity index (χ3v) is 4.98. The number of hydrogen-bond acceptors (Lipinski definition) is 8. The Labute approximate surface area is 202 Å². The van der Waals surface area contributed by atoms with E-state index in [2.05, 4.69) is 26.5 Å². The predicted octanol–water partition coefficient (Wildman–Crippen LogP) is 4.36. The number of carbonyl (C=O) groups excluding carboxylic acids is 2. The molecule has 0 saturated heterocycles. The molecule has 3 aromatic rings. The fraction of sp³-hybridized carbons (Fsp3) is 0.0870. The van der Waals surface area contributed by atoms with Crippen molar-refractivity contribution in [1.82, 2.24) is 5.43 Å². The molecule has 1 amide bonds. The Balaban J connectivity index is 1.76. The standard InChI is InChI=1S/C23H18BrN3O7/c1-32-20-8-6-15(12-21(20)33-2)23(29)34-19-9-7-17(24)10-16(19)13-25-26-22(28)14-4-3-5-18(11-14)27(30)31/h3-13H,1-2H3,(H,26,28). The van der Waals surface area contributed by atoms with Crippen molar-refractivity contribution in [2.75, 3.05) is 14.2 Å². The van der Waals surface area contributed by atoms with Crippen LogP contribution in [0.1, 0.15) is 26.3 Å². The van der Waals surface area contributed by atoms with Crippen molar-refractivity contribution in [3.05, 3.63) is 91.9 Å². The largest absolute Gasteiger partial charge is 0.493 e. The number of nitro benzene ring substituents is 1. The van der Waals surface area contributed by atoms with Gasteiger partial charge in [-0.25, -0.2) is 10.2 Å². The molecule has 0 spiro atoms. The molecule has 0 fully saturated rings. The summed E-state index contributed by atoms with van der Waals surface area (Å²) < 4.78 is 16.6. The van der Waals surface area contributed by atoms with Crippen molar-refractivity contribution in [2.45, 2.75) is 0 Å². The SMILES string of the molecule is COc1ccc(C(=O)Oc2ccc(Br)cc2C=NNC(=O)c2cccc([N+](=O)[O-])c2)cc1OC. The van der Waals surface area contributed by atoms with Crippen LogP contribution in [0.2, 0.25) is 0 Å². The van der Waals surface area contributed by atoms with E-state index in [0.29, 0.717) is 21.5 Å². The van der Waals surface area contributed by atoms with Gasteiger partial charge in [-0.15, -0.1) is 0 Å². The monoisotopic (exact) mass is 527 g/mol. The Morgan fingerprint density at radius 3 is 2.41 bits per heavy atom. The van der Waals surface area contributed by atoms with Crippen LogP contribution in [0.3, 0.4) is 0 Å². The highest BCUT2D eigenvalue weighted by atomic mass is 79.9. The van der Waals surface area contributed by atoms with Crippen molar-refractivity contribution >= 4 is 39.7 Å². The Bertz CT molecular complexity index is 1280. The molecular weight excluding hydrogens is 510 g/mol. The van der Waals surface area contributed by atoms with Gasteiger partial charge in [0.25, 0.3) is 11.6 Å². The molecule has 3 rings (SSSR count). The van der Waals surface area contributed by atoms with Gasteiger partial charge in [0, 0.05) is 27.7 Å². The van der Waals surface area contributed by atoms with Gasteiger partial charge < -0.3 is 14.2 Å². The minimum Gasteiger partial charge on any atom is -0.493 e. The molecule has 0 heterocycles. The molecule has 34 heavy (non-hydrogen) atoms. The normalized spacial score (nSPS) is 10.6. The molecular formula is C23H18BrN3O7. The Hall–Kier alpha value is -4.25. The van der Waals surface area contributed by atoms with Crippen molar-refractivity contribution in [1.29, 1.82) is 0 Å². The number of nitro groups is 1. The molecule has 0 aliphatic heterocycles. The number of methoxy groups -OCH3 is 2. The first-order valence-corrected chi connectivity index (χ1v) is 10.4. The van der Waals surface area contributed by atoms with E-state index in [4.69, 9.17) is 14.2 Å². The molecule has 1 N–H and O–H groups in total. The lowest BCUT2D eigenvalue weighted by molar-refractivity contribution is -0.384. The van der Waals surface area contributed by atoms with Gasteiger partial charge in [0.1, 0.15) is 5.75 Å². The number of nitrogens with one attached hydrogen (secondary N) is 1. The third-order valence-electron chi connectivity index (χ3n) is 4.48. The minimum absolute atomic E-state index is 0.0701. The average Bonchev–Trinajstić information content (AvgIpc) is 2.84. The van der Waals surface area contributed by atoms with Crippen molar-refractivity contribution < 1.29 is 28.7 Å². The van der Waals surface area contributed by atoms with Gasteiger partial charge in [-0.1, -0.05) is 22.0 Å². The zero-order chi connectivity index (χ0) is 24.7. The molecule has 11 heteroatoms. The van der Waals surface area contributed by atoms with E-state index in [1.807, 2.05) is 0 Å². The molecule has 0 atom stereocenters. The zero-order valence-corrected chi connectivity index (χ0v) is 19.6. The summed E-state index contributed by atoms with van der Waals surface area (Å²) in [6.07, 6.45) is 1.29. The average molecular weight is 528 g/mol. The quantitative estimate of drug-likeness (QED) is 0.151. The molecule has 0 aliphatic rings. The Morgan fingerprint density at radius 1 is 0.971 bits per heavy atom. The maximum absolute atomic E-state index is 12.7. The lowest BCUT2D eigenvalue weighted by Crippen LogP contribution is -2.18. The van der Waals surface area contributed by atoms with E-state index in [1.165, 1.54) is 50.8 Å². The molecule has 10 nitrogen and oxygen atoms in total. The fourth-order valence-electron chi connectivity index (χ4n) is 2.82. The zero-order valence-electron chi connectivity index (χ0n) is 18.0. The molecule has 0 radical (unpaired) electrons. The summed E-state index contributed by atoms with van der Waals surface area (Å²) in [6.45, 7) is 0. The van der Waals surface area contributed by atoms with Gasteiger partial charge in [-0.3, -0.25) is 14.9 Å². The van der Waals surface area contributed by atoms with Crippen LogP contribution in [0.15, 0.2) is 70.2 Å². The summed E-state index contributed by atoms with van der Waals surface area (Å²) in [6, 6.07) is 14.7. The Morgan fingerprint density at radius 2 is 1.71 bits per heavy atom. The van der Waals surface area contributed by atoms with Crippen LogP contribution in [0.25, 0.3) is 0 Å². The van der Waals surface area contributed by atoms with E-state index < -0.39 is 16.8 Å². The van der Waals surface area contributed by atoms with Crippen LogP contribution in [0, 0.1) is 10.1 Å². The van der Waals surface area contributed by atoms with Crippen LogP contribution < -0.4 is 19.6 Å². The number of hydrogen-bond donors (Lipinski definition) is 1. The predicted molar refractivity (Wildman–Crippen MR) is 127 cm³/mol. The lowest BCUT2D eigenvalue weighted by atomic mass is 10.2. The second kappa shape index (κ2) is 11.1. The number of carbonyl (C=O) groups is 2. The molecule has 0 unspecified atom stereocenters. The van der Waals surface area contributed by atoms with Crippen molar-refractivity contribution in [2.24, 2.45) is 5.10 Å². The second-order valence-corrected chi connectivity index (χ2v) is 7.56. The summed E-state index contributed by atoms with van der Waals surface area (Å²) in [4.78, 5) is 35.2. The van der Waals surface area contributed by atoms with E-state index in [1.54, 1.807) is 24.3 Å². The first-order chi connectivity index (χ1) is 16.3. The summed E-state index contributed by atoms with van der Waals surface area (Å²) in [5, 5.41) is 14.8.